The van der Waals surface area contributed by atoms with Crippen molar-refractivity contribution < 1.29 is 17.3 Å². The normalized spacial score (nSPS) is 13.5. The van der Waals surface area contributed by atoms with Gasteiger partial charge in [-0.25, -0.2) is 18.2 Å². The smallest absolute Gasteiger partial charge is 0.420 e. The maximum absolute atomic E-state index is 12.8. The topological polar surface area (TPSA) is 120 Å². The van der Waals surface area contributed by atoms with E-state index >= 15 is 0 Å². The molecule has 0 aliphatic rings. The van der Waals surface area contributed by atoms with Gasteiger partial charge in [0.1, 0.15) is 18.1 Å². The third kappa shape index (κ3) is 3.52. The minimum Gasteiger partial charge on any atom is -0.446 e. The van der Waals surface area contributed by atoms with Gasteiger partial charge in [0, 0.05) is 13.1 Å². The molecule has 2 aromatic carbocycles. The Labute approximate surface area is 171 Å². The fraction of sp³-hybridized carbons (Fsp3) is 0.150. The summed E-state index contributed by atoms with van der Waals surface area (Å²) in [6.45, 7) is 1.54. The number of sulfonamides is 1. The molecule has 0 aliphatic carbocycles. The van der Waals surface area contributed by atoms with Gasteiger partial charge in [-0.15, -0.1) is 0 Å². The number of rotatable bonds is 5. The van der Waals surface area contributed by atoms with Crippen LogP contribution in [0.25, 0.3) is 11.1 Å². The lowest BCUT2D eigenvalue weighted by Gasteiger charge is -2.15. The summed E-state index contributed by atoms with van der Waals surface area (Å²) in [5.74, 6) is -0.118. The molecule has 154 valence electrons. The predicted octanol–water partition coefficient (Wildman–Crippen LogP) is 2.55. The molecule has 1 atom stereocenters. The third-order valence-electron chi connectivity index (χ3n) is 4.57. The van der Waals surface area contributed by atoms with Crippen molar-refractivity contribution >= 4 is 27.0 Å². The van der Waals surface area contributed by atoms with Crippen LogP contribution in [0.3, 0.4) is 0 Å². The van der Waals surface area contributed by atoms with Crippen LogP contribution in [-0.4, -0.2) is 30.9 Å². The van der Waals surface area contributed by atoms with Crippen LogP contribution in [0, 0.1) is 0 Å². The molecule has 2 aromatic heterocycles. The van der Waals surface area contributed by atoms with Gasteiger partial charge in [-0.2, -0.15) is 0 Å². The molecule has 4 aromatic rings. The van der Waals surface area contributed by atoms with Crippen molar-refractivity contribution in [3.8, 4) is 0 Å². The average Bonchev–Trinajstić information content (AvgIpc) is 3.37. The van der Waals surface area contributed by atoms with Gasteiger partial charge < -0.3 is 8.83 Å². The zero-order valence-electron chi connectivity index (χ0n) is 16.1. The fourth-order valence-corrected chi connectivity index (χ4v) is 4.24. The highest BCUT2D eigenvalue weighted by molar-refractivity contribution is 7.90. The van der Waals surface area contributed by atoms with E-state index in [0.29, 0.717) is 11.4 Å². The minimum atomic E-state index is -3.87. The van der Waals surface area contributed by atoms with E-state index in [-0.39, 0.29) is 16.3 Å². The van der Waals surface area contributed by atoms with Crippen LogP contribution in [0.2, 0.25) is 0 Å². The molecule has 0 amide bonds. The second kappa shape index (κ2) is 7.64. The van der Waals surface area contributed by atoms with Gasteiger partial charge in [0.15, 0.2) is 5.58 Å². The van der Waals surface area contributed by atoms with E-state index in [9.17, 15) is 13.2 Å². The Morgan fingerprint density at radius 3 is 2.63 bits per heavy atom. The summed E-state index contributed by atoms with van der Waals surface area (Å²) in [6, 6.07) is 12.8. The summed E-state index contributed by atoms with van der Waals surface area (Å²) in [7, 11) is -2.39. The number of oxazole rings is 2. The lowest BCUT2D eigenvalue weighted by molar-refractivity contribution is 0.422. The Balaban J connectivity index is 1.88. The Kier molecular flexibility index (Phi) is 5.00. The number of aliphatic imine (C=N–C) groups is 1. The van der Waals surface area contributed by atoms with Crippen molar-refractivity contribution in [2.75, 3.05) is 7.05 Å². The standard InChI is InChI=1S/C20H18N4O5S/c1-13(21-2)23-30(26,27)15-8-9-16-17(12-15)29-20(25)24(16)18(19-22-10-11-28-19)14-6-4-3-5-7-14/h3-12,18H,1-2H3,(H,21,23). The summed E-state index contributed by atoms with van der Waals surface area (Å²) >= 11 is 0. The van der Waals surface area contributed by atoms with Gasteiger partial charge in [0.2, 0.25) is 5.89 Å². The molecule has 0 aliphatic heterocycles. The first-order chi connectivity index (χ1) is 14.4. The van der Waals surface area contributed by atoms with E-state index in [0.717, 1.165) is 5.56 Å². The maximum atomic E-state index is 12.8. The molecule has 0 radical (unpaired) electrons. The van der Waals surface area contributed by atoms with Gasteiger partial charge in [-0.1, -0.05) is 30.3 Å². The van der Waals surface area contributed by atoms with E-state index in [2.05, 4.69) is 14.7 Å². The lowest BCUT2D eigenvalue weighted by Crippen LogP contribution is -2.28. The quantitative estimate of drug-likeness (QED) is 0.387. The summed E-state index contributed by atoms with van der Waals surface area (Å²) in [5, 5.41) is 0. The van der Waals surface area contributed by atoms with Crippen LogP contribution in [0.5, 0.6) is 0 Å². The number of fused-ring (bicyclic) bond motifs is 1. The third-order valence-corrected chi connectivity index (χ3v) is 6.01. The van der Waals surface area contributed by atoms with Crippen LogP contribution in [0.4, 0.5) is 0 Å². The molecule has 0 saturated heterocycles. The SMILES string of the molecule is CN=C(C)NS(=O)(=O)c1ccc2c(c1)oc(=O)n2C(c1ccccc1)c1ncco1. The molecule has 2 heterocycles. The second-order valence-corrected chi connectivity index (χ2v) is 8.15. The number of amidine groups is 1. The highest BCUT2D eigenvalue weighted by Crippen LogP contribution is 2.29. The number of nitrogens with zero attached hydrogens (tertiary/aromatic N) is 3. The van der Waals surface area contributed by atoms with Crippen LogP contribution < -0.4 is 10.5 Å². The summed E-state index contributed by atoms with van der Waals surface area (Å²) in [4.78, 5) is 20.7. The molecular formula is C20H18N4O5S. The Morgan fingerprint density at radius 1 is 1.20 bits per heavy atom. The Hall–Kier alpha value is -3.66. The Morgan fingerprint density at radius 2 is 1.97 bits per heavy atom. The van der Waals surface area contributed by atoms with E-state index < -0.39 is 21.8 Å². The van der Waals surface area contributed by atoms with Crippen LogP contribution in [0.1, 0.15) is 24.4 Å². The van der Waals surface area contributed by atoms with E-state index in [1.807, 2.05) is 30.3 Å². The first-order valence-corrected chi connectivity index (χ1v) is 10.4. The monoisotopic (exact) mass is 426 g/mol. The van der Waals surface area contributed by atoms with Gasteiger partial charge in [0.25, 0.3) is 10.0 Å². The molecular weight excluding hydrogens is 408 g/mol. The summed E-state index contributed by atoms with van der Waals surface area (Å²) < 4.78 is 39.7. The van der Waals surface area contributed by atoms with E-state index in [1.165, 1.54) is 49.2 Å². The molecule has 1 N–H and O–H groups in total. The molecule has 30 heavy (non-hydrogen) atoms. The molecule has 4 rings (SSSR count). The van der Waals surface area contributed by atoms with Crippen LogP contribution >= 0.6 is 0 Å². The number of benzene rings is 2. The highest BCUT2D eigenvalue weighted by atomic mass is 32.2. The number of hydrogen-bond donors (Lipinski definition) is 1. The second-order valence-electron chi connectivity index (χ2n) is 6.47. The molecule has 9 nitrogen and oxygen atoms in total. The van der Waals surface area contributed by atoms with Gasteiger partial charge in [-0.05, 0) is 24.6 Å². The fourth-order valence-electron chi connectivity index (χ4n) is 3.13. The van der Waals surface area contributed by atoms with Gasteiger partial charge in [-0.3, -0.25) is 14.3 Å². The van der Waals surface area contributed by atoms with Crippen molar-refractivity contribution in [2.24, 2.45) is 4.99 Å². The number of nitrogens with one attached hydrogen (secondary N) is 1. The number of aromatic nitrogens is 2. The van der Waals surface area contributed by atoms with E-state index in [1.54, 1.807) is 0 Å². The zero-order valence-corrected chi connectivity index (χ0v) is 17.0. The zero-order chi connectivity index (χ0) is 21.3. The minimum absolute atomic E-state index is 0.0497. The molecule has 0 fully saturated rings. The molecule has 10 heteroatoms. The first kappa shape index (κ1) is 19.6. The summed E-state index contributed by atoms with van der Waals surface area (Å²) in [6.07, 6.45) is 2.92. The van der Waals surface area contributed by atoms with Crippen molar-refractivity contribution in [2.45, 2.75) is 17.9 Å². The van der Waals surface area contributed by atoms with Crippen LogP contribution in [0.15, 0.2) is 84.5 Å². The highest BCUT2D eigenvalue weighted by Gasteiger charge is 2.27. The van der Waals surface area contributed by atoms with Crippen molar-refractivity contribution in [1.29, 1.82) is 0 Å². The molecule has 0 bridgehead atoms. The molecule has 0 spiro atoms. The van der Waals surface area contributed by atoms with Crippen molar-refractivity contribution in [3.63, 3.8) is 0 Å². The largest absolute Gasteiger partial charge is 0.446 e. The van der Waals surface area contributed by atoms with Crippen molar-refractivity contribution in [3.05, 3.63) is 83.0 Å². The van der Waals surface area contributed by atoms with Gasteiger partial charge in [0.05, 0.1) is 16.6 Å². The molecule has 0 saturated carbocycles. The van der Waals surface area contributed by atoms with Gasteiger partial charge >= 0.3 is 5.76 Å². The Bertz CT molecular complexity index is 1370. The first-order valence-electron chi connectivity index (χ1n) is 8.96. The maximum Gasteiger partial charge on any atom is 0.420 e. The van der Waals surface area contributed by atoms with Crippen molar-refractivity contribution in [1.82, 2.24) is 14.3 Å². The van der Waals surface area contributed by atoms with Crippen LogP contribution in [-0.2, 0) is 10.0 Å². The lowest BCUT2D eigenvalue weighted by atomic mass is 10.1. The summed E-state index contributed by atoms with van der Waals surface area (Å²) in [5.41, 5.74) is 1.30. The average molecular weight is 426 g/mol. The predicted molar refractivity (Wildman–Crippen MR) is 110 cm³/mol. The molecule has 1 unspecified atom stereocenters. The number of hydrogen-bond acceptors (Lipinski definition) is 7. The van der Waals surface area contributed by atoms with E-state index in [4.69, 9.17) is 8.83 Å².